The van der Waals surface area contributed by atoms with Gasteiger partial charge in [0.1, 0.15) is 11.3 Å². The van der Waals surface area contributed by atoms with Crippen LogP contribution in [0.4, 0.5) is 5.82 Å². The molecule has 0 bridgehead atoms. The van der Waals surface area contributed by atoms with Crippen molar-refractivity contribution in [2.45, 2.75) is 44.8 Å². The number of carbonyl (C=O) groups excluding carboxylic acids is 1. The second kappa shape index (κ2) is 9.89. The van der Waals surface area contributed by atoms with Crippen molar-refractivity contribution in [2.24, 2.45) is 0 Å². The molecule has 2 fully saturated rings. The molecule has 2 saturated heterocycles. The number of aromatic nitrogens is 4. The minimum atomic E-state index is -0.297. The van der Waals surface area contributed by atoms with E-state index in [1.807, 2.05) is 35.6 Å². The van der Waals surface area contributed by atoms with Gasteiger partial charge in [0, 0.05) is 29.7 Å². The molecule has 11 heteroatoms. The van der Waals surface area contributed by atoms with E-state index >= 15 is 0 Å². The van der Waals surface area contributed by atoms with Crippen molar-refractivity contribution in [3.05, 3.63) is 45.7 Å². The third kappa shape index (κ3) is 4.58. The second-order valence-corrected chi connectivity index (χ2v) is 10.1. The zero-order valence-electron chi connectivity index (χ0n) is 19.8. The van der Waals surface area contributed by atoms with E-state index in [-0.39, 0.29) is 30.6 Å². The number of carbonyl (C=O) groups is 1. The van der Waals surface area contributed by atoms with Gasteiger partial charge in [0.15, 0.2) is 5.65 Å². The van der Waals surface area contributed by atoms with E-state index in [9.17, 15) is 9.90 Å². The molecule has 35 heavy (non-hydrogen) atoms. The minimum absolute atomic E-state index is 0.0742. The number of aliphatic hydroxyl groups is 1. The Labute approximate surface area is 214 Å². The summed E-state index contributed by atoms with van der Waals surface area (Å²) in [6.07, 6.45) is 3.59. The SMILES string of the molecule is Cc1nn(C(C)c2ccc(Cl)cc2Cl)c2nc(N3CCN(C(=O)[C@H]4CCCN4)[C@H](CO)C3)cnc12. The first-order chi connectivity index (χ1) is 16.9. The van der Waals surface area contributed by atoms with Crippen LogP contribution < -0.4 is 10.2 Å². The van der Waals surface area contributed by atoms with E-state index < -0.39 is 0 Å². The first kappa shape index (κ1) is 24.2. The third-order valence-electron chi connectivity index (χ3n) is 7.00. The van der Waals surface area contributed by atoms with Crippen molar-refractivity contribution < 1.29 is 9.90 Å². The highest BCUT2D eigenvalue weighted by Gasteiger charge is 2.35. The number of piperazine rings is 1. The van der Waals surface area contributed by atoms with E-state index in [4.69, 9.17) is 33.3 Å². The Kier molecular flexibility index (Phi) is 6.85. The lowest BCUT2D eigenvalue weighted by Crippen LogP contribution is -2.59. The number of benzene rings is 1. The van der Waals surface area contributed by atoms with Gasteiger partial charge in [0.2, 0.25) is 5.91 Å². The molecule has 1 unspecified atom stereocenters. The fourth-order valence-electron chi connectivity index (χ4n) is 5.04. The van der Waals surface area contributed by atoms with E-state index in [0.717, 1.165) is 36.2 Å². The molecular formula is C24H29Cl2N7O2. The predicted octanol–water partition coefficient (Wildman–Crippen LogP) is 2.81. The van der Waals surface area contributed by atoms with Crippen molar-refractivity contribution in [3.8, 4) is 0 Å². The van der Waals surface area contributed by atoms with Crippen LogP contribution in [0.3, 0.4) is 0 Å². The number of fused-ring (bicyclic) bond motifs is 1. The average molecular weight is 518 g/mol. The lowest BCUT2D eigenvalue weighted by molar-refractivity contribution is -0.136. The van der Waals surface area contributed by atoms with Gasteiger partial charge in [-0.2, -0.15) is 5.10 Å². The number of rotatable bonds is 5. The molecule has 2 aliphatic rings. The lowest BCUT2D eigenvalue weighted by atomic mass is 10.1. The van der Waals surface area contributed by atoms with Crippen LogP contribution in [0.2, 0.25) is 10.0 Å². The standard InChI is InChI=1S/C24H29Cl2N7O2/c1-14-22-23(33(30-14)15(2)18-6-5-16(25)10-19(18)26)29-21(11-28-22)31-8-9-32(17(12-31)13-34)24(35)20-4-3-7-27-20/h5-6,10-11,15,17,20,27,34H,3-4,7-9,12-13H2,1-2H3/t15?,17-,20+/m0/s1. The van der Waals surface area contributed by atoms with E-state index in [0.29, 0.717) is 41.1 Å². The van der Waals surface area contributed by atoms with Gasteiger partial charge in [-0.1, -0.05) is 29.3 Å². The first-order valence-corrected chi connectivity index (χ1v) is 12.7. The molecule has 2 aliphatic heterocycles. The van der Waals surface area contributed by atoms with Crippen LogP contribution in [-0.4, -0.2) is 80.5 Å². The Morgan fingerprint density at radius 2 is 2.14 bits per heavy atom. The molecule has 2 N–H and O–H groups in total. The normalized spacial score (nSPS) is 21.6. The fourth-order valence-corrected chi connectivity index (χ4v) is 5.61. The number of nitrogens with zero attached hydrogens (tertiary/aromatic N) is 6. The quantitative estimate of drug-likeness (QED) is 0.536. The summed E-state index contributed by atoms with van der Waals surface area (Å²) in [5, 5.41) is 19.2. The summed E-state index contributed by atoms with van der Waals surface area (Å²) >= 11 is 12.6. The Balaban J connectivity index is 1.42. The molecule has 4 heterocycles. The maximum atomic E-state index is 13.0. The number of amides is 1. The highest BCUT2D eigenvalue weighted by molar-refractivity contribution is 6.35. The van der Waals surface area contributed by atoms with Crippen molar-refractivity contribution >= 4 is 46.1 Å². The molecule has 3 aromatic rings. The van der Waals surface area contributed by atoms with Gasteiger partial charge in [0.05, 0.1) is 36.6 Å². The Bertz CT molecular complexity index is 1240. The van der Waals surface area contributed by atoms with Crippen LogP contribution in [0.5, 0.6) is 0 Å². The minimum Gasteiger partial charge on any atom is -0.394 e. The molecule has 0 aliphatic carbocycles. The number of nitrogens with one attached hydrogen (secondary N) is 1. The summed E-state index contributed by atoms with van der Waals surface area (Å²) in [5.41, 5.74) is 3.06. The van der Waals surface area contributed by atoms with Crippen LogP contribution in [0.25, 0.3) is 11.2 Å². The summed E-state index contributed by atoms with van der Waals surface area (Å²) in [6, 6.07) is 4.81. The highest BCUT2D eigenvalue weighted by Crippen LogP contribution is 2.31. The maximum Gasteiger partial charge on any atom is 0.240 e. The van der Waals surface area contributed by atoms with Crippen molar-refractivity contribution in [3.63, 3.8) is 0 Å². The van der Waals surface area contributed by atoms with Crippen molar-refractivity contribution in [1.29, 1.82) is 0 Å². The van der Waals surface area contributed by atoms with E-state index in [1.165, 1.54) is 0 Å². The van der Waals surface area contributed by atoms with Gasteiger partial charge >= 0.3 is 0 Å². The molecule has 0 spiro atoms. The molecule has 1 amide bonds. The topological polar surface area (TPSA) is 99.4 Å². The summed E-state index contributed by atoms with van der Waals surface area (Å²) < 4.78 is 1.84. The fraction of sp³-hybridized carbons (Fsp3) is 0.500. The summed E-state index contributed by atoms with van der Waals surface area (Å²) in [6.45, 7) is 6.31. The Morgan fingerprint density at radius 1 is 1.31 bits per heavy atom. The largest absolute Gasteiger partial charge is 0.394 e. The zero-order chi connectivity index (χ0) is 24.7. The second-order valence-electron chi connectivity index (χ2n) is 9.24. The van der Waals surface area contributed by atoms with E-state index in [2.05, 4.69) is 15.2 Å². The zero-order valence-corrected chi connectivity index (χ0v) is 21.3. The lowest BCUT2D eigenvalue weighted by Gasteiger charge is -2.42. The average Bonchev–Trinajstić information content (AvgIpc) is 3.51. The van der Waals surface area contributed by atoms with Crippen LogP contribution in [0, 0.1) is 6.92 Å². The Morgan fingerprint density at radius 3 is 2.86 bits per heavy atom. The molecule has 5 rings (SSSR count). The number of hydrogen-bond donors (Lipinski definition) is 2. The van der Waals surface area contributed by atoms with Gasteiger partial charge in [0.25, 0.3) is 0 Å². The number of hydrogen-bond acceptors (Lipinski definition) is 7. The van der Waals surface area contributed by atoms with Gasteiger partial charge in [-0.15, -0.1) is 0 Å². The number of aliphatic hydroxyl groups excluding tert-OH is 1. The summed E-state index contributed by atoms with van der Waals surface area (Å²) in [5.74, 6) is 0.766. The molecule has 0 radical (unpaired) electrons. The van der Waals surface area contributed by atoms with Crippen LogP contribution in [-0.2, 0) is 4.79 Å². The maximum absolute atomic E-state index is 13.0. The molecule has 1 aromatic carbocycles. The summed E-state index contributed by atoms with van der Waals surface area (Å²) in [4.78, 5) is 26.4. The van der Waals surface area contributed by atoms with Gasteiger partial charge < -0.3 is 20.2 Å². The third-order valence-corrected chi connectivity index (χ3v) is 7.56. The number of halogens is 2. The monoisotopic (exact) mass is 517 g/mol. The molecule has 186 valence electrons. The van der Waals surface area contributed by atoms with Gasteiger partial charge in [-0.3, -0.25) is 4.79 Å². The number of aryl methyl sites for hydroxylation is 1. The smallest absolute Gasteiger partial charge is 0.240 e. The number of anilines is 1. The van der Waals surface area contributed by atoms with Crippen LogP contribution in [0.15, 0.2) is 24.4 Å². The van der Waals surface area contributed by atoms with Gasteiger partial charge in [-0.05, 0) is 50.9 Å². The molecular weight excluding hydrogens is 489 g/mol. The molecule has 0 saturated carbocycles. The van der Waals surface area contributed by atoms with E-state index in [1.54, 1.807) is 12.3 Å². The molecule has 9 nitrogen and oxygen atoms in total. The van der Waals surface area contributed by atoms with Crippen LogP contribution >= 0.6 is 23.2 Å². The predicted molar refractivity (Wildman–Crippen MR) is 136 cm³/mol. The molecule has 3 atom stereocenters. The van der Waals surface area contributed by atoms with Crippen molar-refractivity contribution in [2.75, 3.05) is 37.7 Å². The highest BCUT2D eigenvalue weighted by atomic mass is 35.5. The Hall–Kier alpha value is -2.46. The summed E-state index contributed by atoms with van der Waals surface area (Å²) in [7, 11) is 0. The first-order valence-electron chi connectivity index (χ1n) is 11.9. The molecule has 2 aromatic heterocycles. The van der Waals surface area contributed by atoms with Gasteiger partial charge in [-0.25, -0.2) is 14.6 Å². The van der Waals surface area contributed by atoms with Crippen molar-refractivity contribution in [1.82, 2.24) is 30.0 Å². The van der Waals surface area contributed by atoms with Crippen LogP contribution in [0.1, 0.15) is 37.1 Å².